The van der Waals surface area contributed by atoms with Gasteiger partial charge in [0.1, 0.15) is 66.9 Å². The Morgan fingerprint density at radius 1 is 0.912 bits per heavy atom. The van der Waals surface area contributed by atoms with Crippen molar-refractivity contribution in [2.24, 2.45) is 11.8 Å². The molecule has 0 amide bonds. The van der Waals surface area contributed by atoms with E-state index in [1.807, 2.05) is 6.92 Å². The topological polar surface area (TPSA) is 262 Å². The summed E-state index contributed by atoms with van der Waals surface area (Å²) >= 11 is 0. The third-order valence-electron chi connectivity index (χ3n) is 10.2. The third kappa shape index (κ3) is 13.8. The summed E-state index contributed by atoms with van der Waals surface area (Å²) in [7, 11) is 0. The van der Waals surface area contributed by atoms with Gasteiger partial charge in [-0.15, -0.1) is 0 Å². The molecule has 0 aromatic heterocycles. The molecule has 3 rings (SSSR count). The molecule has 9 N–H and O–H groups in total. The van der Waals surface area contributed by atoms with Gasteiger partial charge in [-0.1, -0.05) is 64.5 Å². The Labute approximate surface area is 333 Å². The highest BCUT2D eigenvalue weighted by Gasteiger charge is 2.53. The van der Waals surface area contributed by atoms with Crippen LogP contribution in [0.4, 0.5) is 0 Å². The van der Waals surface area contributed by atoms with Gasteiger partial charge in [0, 0.05) is 24.1 Å². The number of benzene rings is 1. The van der Waals surface area contributed by atoms with Crippen molar-refractivity contribution in [2.45, 2.75) is 147 Å². The van der Waals surface area contributed by atoms with E-state index in [4.69, 9.17) is 23.7 Å². The molecule has 16 heteroatoms. The van der Waals surface area contributed by atoms with Gasteiger partial charge >= 0.3 is 11.9 Å². The normalized spacial score (nSPS) is 29.8. The number of ether oxygens (including phenoxy) is 5. The summed E-state index contributed by atoms with van der Waals surface area (Å²) in [4.78, 5) is 25.2. The lowest BCUT2D eigenvalue weighted by molar-refractivity contribution is -0.343. The van der Waals surface area contributed by atoms with Gasteiger partial charge in [-0.25, -0.2) is 4.79 Å². The molecule has 0 unspecified atom stereocenters. The number of allylic oxidation sites excluding steroid dienone is 4. The molecule has 1 aromatic rings. The molecule has 2 aliphatic heterocycles. The van der Waals surface area contributed by atoms with Crippen molar-refractivity contribution >= 4 is 11.9 Å². The summed E-state index contributed by atoms with van der Waals surface area (Å²) in [5.41, 5.74) is -0.239. The van der Waals surface area contributed by atoms with Crippen molar-refractivity contribution < 1.29 is 79.2 Å². The molecule has 2 aliphatic rings. The van der Waals surface area contributed by atoms with Gasteiger partial charge < -0.3 is 69.6 Å². The molecule has 0 aliphatic carbocycles. The summed E-state index contributed by atoms with van der Waals surface area (Å²) in [6.07, 6.45) is -3.00. The molecular formula is C41H62O16. The zero-order valence-electron chi connectivity index (χ0n) is 33.1. The molecule has 2 fully saturated rings. The molecule has 0 saturated carbocycles. The van der Waals surface area contributed by atoms with Crippen molar-refractivity contribution in [2.75, 3.05) is 13.2 Å². The lowest BCUT2D eigenvalue weighted by Gasteiger charge is -2.47. The van der Waals surface area contributed by atoms with Crippen LogP contribution in [-0.4, -0.2) is 132 Å². The van der Waals surface area contributed by atoms with Crippen LogP contribution in [0, 0.1) is 11.8 Å². The number of phenolic OH excluding ortho intramolecular Hbond substituents is 2. The van der Waals surface area contributed by atoms with E-state index in [-0.39, 0.29) is 23.5 Å². The molecule has 16 nitrogen and oxygen atoms in total. The van der Waals surface area contributed by atoms with E-state index in [1.165, 1.54) is 12.2 Å². The predicted molar refractivity (Wildman–Crippen MR) is 204 cm³/mol. The molecule has 57 heavy (non-hydrogen) atoms. The minimum atomic E-state index is -1.93. The molecule has 0 bridgehead atoms. The average molecular weight is 811 g/mol. The zero-order chi connectivity index (χ0) is 42.2. The van der Waals surface area contributed by atoms with Gasteiger partial charge in [0.25, 0.3) is 0 Å². The second kappa shape index (κ2) is 23.9. The highest BCUT2D eigenvalue weighted by Crippen LogP contribution is 2.42. The number of rotatable bonds is 21. The van der Waals surface area contributed by atoms with Crippen LogP contribution in [0.1, 0.15) is 89.9 Å². The van der Waals surface area contributed by atoms with Gasteiger partial charge in [0.05, 0.1) is 19.3 Å². The molecule has 1 aromatic carbocycles. The van der Waals surface area contributed by atoms with Crippen LogP contribution >= 0.6 is 0 Å². The Morgan fingerprint density at radius 2 is 1.65 bits per heavy atom. The molecule has 2 heterocycles. The Bertz CT molecular complexity index is 1480. The van der Waals surface area contributed by atoms with Gasteiger partial charge in [-0.3, -0.25) is 4.79 Å². The molecule has 322 valence electrons. The zero-order valence-corrected chi connectivity index (χ0v) is 33.1. The van der Waals surface area contributed by atoms with E-state index in [1.54, 1.807) is 13.0 Å². The monoisotopic (exact) mass is 810 g/mol. The van der Waals surface area contributed by atoms with Crippen LogP contribution in [0.3, 0.4) is 0 Å². The van der Waals surface area contributed by atoms with Crippen molar-refractivity contribution in [3.63, 3.8) is 0 Å². The second-order valence-electron chi connectivity index (χ2n) is 14.7. The van der Waals surface area contributed by atoms with Crippen molar-refractivity contribution in [1.82, 2.24) is 0 Å². The fraction of sp³-hybridized carbons (Fsp3) is 0.659. The van der Waals surface area contributed by atoms with Gasteiger partial charge in [-0.05, 0) is 55.6 Å². The highest BCUT2D eigenvalue weighted by atomic mass is 16.7. The molecule has 2 saturated heterocycles. The maximum absolute atomic E-state index is 13.2. The summed E-state index contributed by atoms with van der Waals surface area (Å²) in [5.74, 6) is -2.02. The standard InChI is InChI=1S/C41H62O16/c1-5-13-31(47)53-22-30-34(49)35(50)36(51)41(55-30)57-38-29(21-43)54-39(33-25(20-42)18-26(44)19-28(33)46)37(52)40(38)56-32(48)17-12-8-11-16-27(45)24(4)15-10-7-9-14-23(3)6-2/h8-9,11-12,14,17-19,23-24,27,29-30,34-46,49-52H,5-7,10,13,15-16,20-22H2,1-4H3/t23-,24-,27+,29+,30+,34+,35-,36+,37-,38+,39-,40+,41-/m1/s1. The first-order chi connectivity index (χ1) is 27.2. The van der Waals surface area contributed by atoms with Crippen molar-refractivity contribution in [1.29, 1.82) is 0 Å². The Kier molecular flexibility index (Phi) is 20.1. The number of esters is 2. The molecule has 0 spiro atoms. The first-order valence-electron chi connectivity index (χ1n) is 19.7. The largest absolute Gasteiger partial charge is 0.508 e. The number of hydrogen-bond acceptors (Lipinski definition) is 16. The first-order valence-corrected chi connectivity index (χ1v) is 19.7. The minimum Gasteiger partial charge on any atom is -0.508 e. The lowest BCUT2D eigenvalue weighted by Crippen LogP contribution is -2.64. The molecule has 0 radical (unpaired) electrons. The van der Waals surface area contributed by atoms with Crippen molar-refractivity contribution in [3.05, 3.63) is 59.7 Å². The maximum atomic E-state index is 13.2. The van der Waals surface area contributed by atoms with Gasteiger partial charge in [0.15, 0.2) is 12.4 Å². The van der Waals surface area contributed by atoms with E-state index in [0.29, 0.717) is 18.8 Å². The third-order valence-corrected chi connectivity index (χ3v) is 10.2. The summed E-state index contributed by atoms with van der Waals surface area (Å²) in [6, 6.07) is 2.06. The van der Waals surface area contributed by atoms with E-state index < -0.39 is 111 Å². The van der Waals surface area contributed by atoms with Gasteiger partial charge in [0.2, 0.25) is 0 Å². The van der Waals surface area contributed by atoms with Crippen LogP contribution < -0.4 is 0 Å². The van der Waals surface area contributed by atoms with E-state index >= 15 is 0 Å². The number of carbonyl (C=O) groups excluding carboxylic acids is 2. The highest BCUT2D eigenvalue weighted by molar-refractivity contribution is 5.82. The van der Waals surface area contributed by atoms with Crippen LogP contribution in [-0.2, 0) is 39.9 Å². The lowest BCUT2D eigenvalue weighted by atomic mass is 9.88. The smallest absolute Gasteiger partial charge is 0.331 e. The van der Waals surface area contributed by atoms with Crippen LogP contribution in [0.2, 0.25) is 0 Å². The number of aliphatic hydroxyl groups is 7. The summed E-state index contributed by atoms with van der Waals surface area (Å²) in [6.45, 7) is 5.94. The minimum absolute atomic E-state index is 0.0433. The maximum Gasteiger partial charge on any atom is 0.331 e. The summed E-state index contributed by atoms with van der Waals surface area (Å²) < 4.78 is 28.3. The number of carbonyl (C=O) groups is 2. The number of unbranched alkanes of at least 4 members (excludes halogenated alkanes) is 1. The van der Waals surface area contributed by atoms with E-state index in [2.05, 4.69) is 26.0 Å². The van der Waals surface area contributed by atoms with Crippen LogP contribution in [0.15, 0.2) is 48.6 Å². The van der Waals surface area contributed by atoms with Gasteiger partial charge in [-0.2, -0.15) is 0 Å². The number of aromatic hydroxyl groups is 2. The molecule has 13 atom stereocenters. The Morgan fingerprint density at radius 3 is 2.32 bits per heavy atom. The predicted octanol–water partition coefficient (Wildman–Crippen LogP) is 2.10. The SMILES string of the molecule is CCCC(=O)OC[C@@H]1O[C@H](O[C@@H]2[C@@H](OC(=O)C=CC=CC[C@H](O)[C@H](C)CCCC=C[C@H](C)CC)[C@H](O)[C@@H](c3c(O)cc(O)cc3CO)O[C@H]2CO)[C@@H](O)[C@H](O)[C@H]1O. The number of aliphatic hydroxyl groups excluding tert-OH is 7. The summed E-state index contributed by atoms with van der Waals surface area (Å²) in [5, 5.41) is 95.5. The quantitative estimate of drug-likeness (QED) is 0.0283. The van der Waals surface area contributed by atoms with E-state index in [0.717, 1.165) is 43.9 Å². The fourth-order valence-corrected chi connectivity index (χ4v) is 6.58. The number of hydrogen-bond donors (Lipinski definition) is 9. The molecular weight excluding hydrogens is 748 g/mol. The van der Waals surface area contributed by atoms with Crippen LogP contribution in [0.5, 0.6) is 11.5 Å². The average Bonchev–Trinajstić information content (AvgIpc) is 3.18. The Hall–Kier alpha value is -3.42. The van der Waals surface area contributed by atoms with E-state index in [9.17, 15) is 55.5 Å². The van der Waals surface area contributed by atoms with Crippen LogP contribution in [0.25, 0.3) is 0 Å². The number of phenols is 2. The second-order valence-corrected chi connectivity index (χ2v) is 14.7. The fourth-order valence-electron chi connectivity index (χ4n) is 6.58. The Balaban J connectivity index is 1.81. The van der Waals surface area contributed by atoms with Crippen molar-refractivity contribution in [3.8, 4) is 11.5 Å². The first kappa shape index (κ1) is 48.0.